The SMILES string of the molecule is C=CCC1CCC(C=C)N1Cc1ccccc1. The van der Waals surface area contributed by atoms with E-state index in [2.05, 4.69) is 54.5 Å². The fourth-order valence-electron chi connectivity index (χ4n) is 2.71. The molecule has 0 aromatic heterocycles. The zero-order valence-corrected chi connectivity index (χ0v) is 10.4. The van der Waals surface area contributed by atoms with Crippen molar-refractivity contribution in [3.8, 4) is 0 Å². The van der Waals surface area contributed by atoms with E-state index in [1.54, 1.807) is 0 Å². The molecular formula is C16H21N. The highest BCUT2D eigenvalue weighted by molar-refractivity contribution is 5.16. The number of hydrogen-bond acceptors (Lipinski definition) is 1. The lowest BCUT2D eigenvalue weighted by Crippen LogP contribution is -2.34. The third kappa shape index (κ3) is 2.86. The summed E-state index contributed by atoms with van der Waals surface area (Å²) in [5.41, 5.74) is 1.38. The molecule has 1 aromatic rings. The second-order valence-corrected chi connectivity index (χ2v) is 4.72. The number of nitrogens with zero attached hydrogens (tertiary/aromatic N) is 1. The summed E-state index contributed by atoms with van der Waals surface area (Å²) in [4.78, 5) is 2.56. The van der Waals surface area contributed by atoms with Gasteiger partial charge in [-0.05, 0) is 24.8 Å². The topological polar surface area (TPSA) is 3.24 Å². The molecule has 1 nitrogen and oxygen atoms in total. The van der Waals surface area contributed by atoms with Crippen LogP contribution < -0.4 is 0 Å². The average molecular weight is 227 g/mol. The first kappa shape index (κ1) is 12.1. The maximum Gasteiger partial charge on any atom is 0.0282 e. The lowest BCUT2D eigenvalue weighted by molar-refractivity contribution is 0.210. The molecule has 2 atom stereocenters. The van der Waals surface area contributed by atoms with Crippen molar-refractivity contribution in [2.75, 3.05) is 0 Å². The van der Waals surface area contributed by atoms with Gasteiger partial charge >= 0.3 is 0 Å². The Hall–Kier alpha value is -1.34. The van der Waals surface area contributed by atoms with Crippen LogP contribution in [0.3, 0.4) is 0 Å². The van der Waals surface area contributed by atoms with Gasteiger partial charge < -0.3 is 0 Å². The van der Waals surface area contributed by atoms with Gasteiger partial charge in [0.25, 0.3) is 0 Å². The maximum absolute atomic E-state index is 3.96. The zero-order valence-electron chi connectivity index (χ0n) is 10.4. The number of likely N-dealkylation sites (tertiary alicyclic amines) is 1. The van der Waals surface area contributed by atoms with Crippen LogP contribution in [0.1, 0.15) is 24.8 Å². The summed E-state index contributed by atoms with van der Waals surface area (Å²) in [6.07, 6.45) is 7.70. The van der Waals surface area contributed by atoms with Crippen molar-refractivity contribution in [3.05, 3.63) is 61.2 Å². The molecule has 0 saturated carbocycles. The Labute approximate surface area is 104 Å². The molecular weight excluding hydrogens is 206 g/mol. The number of benzene rings is 1. The molecule has 1 saturated heterocycles. The molecule has 1 heterocycles. The second-order valence-electron chi connectivity index (χ2n) is 4.72. The third-order valence-corrected chi connectivity index (χ3v) is 3.61. The van der Waals surface area contributed by atoms with Crippen molar-refractivity contribution < 1.29 is 0 Å². The number of rotatable bonds is 5. The highest BCUT2D eigenvalue weighted by Crippen LogP contribution is 2.28. The Kier molecular flexibility index (Phi) is 4.16. The molecule has 17 heavy (non-hydrogen) atoms. The molecule has 1 aliphatic rings. The van der Waals surface area contributed by atoms with Crippen LogP contribution in [0.2, 0.25) is 0 Å². The lowest BCUT2D eigenvalue weighted by atomic mass is 10.1. The largest absolute Gasteiger partial charge is 0.289 e. The molecule has 90 valence electrons. The third-order valence-electron chi connectivity index (χ3n) is 3.61. The summed E-state index contributed by atoms with van der Waals surface area (Å²) in [6.45, 7) is 8.85. The monoisotopic (exact) mass is 227 g/mol. The van der Waals surface area contributed by atoms with E-state index in [1.165, 1.54) is 18.4 Å². The Morgan fingerprint density at radius 3 is 2.59 bits per heavy atom. The highest BCUT2D eigenvalue weighted by atomic mass is 15.2. The zero-order chi connectivity index (χ0) is 12.1. The maximum atomic E-state index is 3.96. The molecule has 0 aliphatic carbocycles. The summed E-state index contributed by atoms with van der Waals surface area (Å²) in [6, 6.07) is 11.8. The van der Waals surface area contributed by atoms with E-state index in [-0.39, 0.29) is 0 Å². The van der Waals surface area contributed by atoms with Gasteiger partial charge in [-0.25, -0.2) is 0 Å². The van der Waals surface area contributed by atoms with E-state index < -0.39 is 0 Å². The fraction of sp³-hybridized carbons (Fsp3) is 0.375. The van der Waals surface area contributed by atoms with Crippen molar-refractivity contribution in [1.82, 2.24) is 4.90 Å². The fourth-order valence-corrected chi connectivity index (χ4v) is 2.71. The minimum absolute atomic E-state index is 0.528. The standard InChI is InChI=1S/C16H21N/c1-3-8-16-12-11-15(4-2)17(16)13-14-9-6-5-7-10-14/h3-7,9-10,15-16H,1-2,8,11-13H2. The predicted octanol–water partition coefficient (Wildman–Crippen LogP) is 3.78. The van der Waals surface area contributed by atoms with Crippen LogP contribution in [0.5, 0.6) is 0 Å². The van der Waals surface area contributed by atoms with Gasteiger partial charge in [-0.3, -0.25) is 4.90 Å². The van der Waals surface area contributed by atoms with E-state index in [1.807, 2.05) is 6.08 Å². The van der Waals surface area contributed by atoms with Crippen molar-refractivity contribution >= 4 is 0 Å². The summed E-state index contributed by atoms with van der Waals surface area (Å²) in [5.74, 6) is 0. The first-order chi connectivity index (χ1) is 8.35. The van der Waals surface area contributed by atoms with Crippen LogP contribution in [0, 0.1) is 0 Å². The molecule has 0 amide bonds. The minimum Gasteiger partial charge on any atom is -0.289 e. The summed E-state index contributed by atoms with van der Waals surface area (Å²) < 4.78 is 0. The van der Waals surface area contributed by atoms with Crippen LogP contribution in [0.15, 0.2) is 55.6 Å². The van der Waals surface area contributed by atoms with Gasteiger partial charge in [0.15, 0.2) is 0 Å². The Bertz CT molecular complexity index is 368. The Morgan fingerprint density at radius 1 is 1.18 bits per heavy atom. The van der Waals surface area contributed by atoms with Gasteiger partial charge in [0.2, 0.25) is 0 Å². The molecule has 2 unspecified atom stereocenters. The van der Waals surface area contributed by atoms with Crippen LogP contribution >= 0.6 is 0 Å². The normalized spacial score (nSPS) is 24.7. The smallest absolute Gasteiger partial charge is 0.0282 e. The van der Waals surface area contributed by atoms with Gasteiger partial charge in [0.05, 0.1) is 0 Å². The first-order valence-electron chi connectivity index (χ1n) is 6.38. The van der Waals surface area contributed by atoms with Crippen molar-refractivity contribution in [2.45, 2.75) is 37.9 Å². The van der Waals surface area contributed by atoms with E-state index in [0.717, 1.165) is 13.0 Å². The lowest BCUT2D eigenvalue weighted by Gasteiger charge is -2.28. The van der Waals surface area contributed by atoms with Gasteiger partial charge in [-0.1, -0.05) is 42.5 Å². The minimum atomic E-state index is 0.528. The molecule has 0 spiro atoms. The molecule has 0 N–H and O–H groups in total. The summed E-state index contributed by atoms with van der Waals surface area (Å²) in [7, 11) is 0. The second kappa shape index (κ2) is 5.83. The van der Waals surface area contributed by atoms with Crippen molar-refractivity contribution in [2.24, 2.45) is 0 Å². The van der Waals surface area contributed by atoms with Crippen LogP contribution in [-0.2, 0) is 6.54 Å². The van der Waals surface area contributed by atoms with Gasteiger partial charge in [-0.15, -0.1) is 13.2 Å². The van der Waals surface area contributed by atoms with E-state index in [0.29, 0.717) is 12.1 Å². The summed E-state index contributed by atoms with van der Waals surface area (Å²) in [5, 5.41) is 0. The quantitative estimate of drug-likeness (QED) is 0.692. The highest BCUT2D eigenvalue weighted by Gasteiger charge is 2.30. The predicted molar refractivity (Wildman–Crippen MR) is 73.8 cm³/mol. The molecule has 0 bridgehead atoms. The van der Waals surface area contributed by atoms with Crippen molar-refractivity contribution in [3.63, 3.8) is 0 Å². The molecule has 1 aromatic carbocycles. The van der Waals surface area contributed by atoms with E-state index in [4.69, 9.17) is 0 Å². The Balaban J connectivity index is 2.09. The molecule has 1 aliphatic heterocycles. The van der Waals surface area contributed by atoms with Crippen LogP contribution in [0.25, 0.3) is 0 Å². The average Bonchev–Trinajstić information content (AvgIpc) is 2.74. The molecule has 0 radical (unpaired) electrons. The summed E-state index contributed by atoms with van der Waals surface area (Å²) >= 11 is 0. The molecule has 1 fully saturated rings. The first-order valence-corrected chi connectivity index (χ1v) is 6.38. The number of hydrogen-bond donors (Lipinski definition) is 0. The molecule has 1 heteroatoms. The van der Waals surface area contributed by atoms with E-state index >= 15 is 0 Å². The van der Waals surface area contributed by atoms with E-state index in [9.17, 15) is 0 Å². The van der Waals surface area contributed by atoms with Gasteiger partial charge in [-0.2, -0.15) is 0 Å². The van der Waals surface area contributed by atoms with Crippen LogP contribution in [-0.4, -0.2) is 17.0 Å². The van der Waals surface area contributed by atoms with Crippen molar-refractivity contribution in [1.29, 1.82) is 0 Å². The van der Waals surface area contributed by atoms with Gasteiger partial charge in [0.1, 0.15) is 0 Å². The Morgan fingerprint density at radius 2 is 1.94 bits per heavy atom. The van der Waals surface area contributed by atoms with Gasteiger partial charge in [0, 0.05) is 18.6 Å². The van der Waals surface area contributed by atoms with Crippen LogP contribution in [0.4, 0.5) is 0 Å². The molecule has 2 rings (SSSR count).